The third kappa shape index (κ3) is 57.5. The smallest absolute Gasteiger partial charge is 0.0302 e. The van der Waals surface area contributed by atoms with Crippen LogP contribution in [0.1, 0.15) is 75.7 Å². The van der Waals surface area contributed by atoms with E-state index in [0.717, 1.165) is 6.42 Å². The third-order valence-corrected chi connectivity index (χ3v) is 1.13. The molecular formula is C15H34. The van der Waals surface area contributed by atoms with Gasteiger partial charge in [0.15, 0.2) is 0 Å². The van der Waals surface area contributed by atoms with Gasteiger partial charge in [-0.15, -0.1) is 0 Å². The highest BCUT2D eigenvalue weighted by molar-refractivity contribution is 4.84. The van der Waals surface area contributed by atoms with Gasteiger partial charge in [-0.05, 0) is 23.7 Å². The molecular weight excluding hydrogens is 180 g/mol. The Labute approximate surface area is 99.2 Å². The highest BCUT2D eigenvalue weighted by atomic mass is 14.1. The average Bonchev–Trinajstić information content (AvgIpc) is 1.80. The Balaban J connectivity index is -0.000000208. The molecule has 94 valence electrons. The molecule has 0 nitrogen and oxygen atoms in total. The van der Waals surface area contributed by atoms with E-state index < -0.39 is 0 Å². The third-order valence-electron chi connectivity index (χ3n) is 1.13. The first-order valence-corrected chi connectivity index (χ1v) is 5.71. The predicted molar refractivity (Wildman–Crippen MR) is 75.4 cm³/mol. The van der Waals surface area contributed by atoms with Crippen LogP contribution in [0, 0.1) is 10.8 Å². The molecule has 0 unspecified atom stereocenters. The van der Waals surface area contributed by atoms with Crippen LogP contribution in [0.2, 0.25) is 0 Å². The molecule has 0 saturated carbocycles. The minimum atomic E-state index is 0. The second-order valence-corrected chi connectivity index (χ2v) is 6.64. The van der Waals surface area contributed by atoms with Crippen molar-refractivity contribution >= 4 is 0 Å². The van der Waals surface area contributed by atoms with Crippen LogP contribution in [0.25, 0.3) is 0 Å². The SMILES string of the molecule is C.CC(C)(C)C.CCC=CCC(C)(C)C. The van der Waals surface area contributed by atoms with Crippen molar-refractivity contribution in [3.63, 3.8) is 0 Å². The molecule has 0 amide bonds. The number of allylic oxidation sites excluding steroid dienone is 2. The molecule has 15 heavy (non-hydrogen) atoms. The fraction of sp³-hybridized carbons (Fsp3) is 0.867. The van der Waals surface area contributed by atoms with Crippen molar-refractivity contribution in [3.8, 4) is 0 Å². The van der Waals surface area contributed by atoms with Crippen LogP contribution in [0.5, 0.6) is 0 Å². The van der Waals surface area contributed by atoms with Crippen LogP contribution in [-0.4, -0.2) is 0 Å². The summed E-state index contributed by atoms with van der Waals surface area (Å²) in [5.41, 5.74) is 0.964. The van der Waals surface area contributed by atoms with Gasteiger partial charge in [-0.3, -0.25) is 0 Å². The van der Waals surface area contributed by atoms with Crippen LogP contribution in [0.15, 0.2) is 12.2 Å². The Morgan fingerprint density at radius 1 is 0.800 bits per heavy atom. The zero-order chi connectivity index (χ0) is 11.8. The maximum atomic E-state index is 2.26. The van der Waals surface area contributed by atoms with Gasteiger partial charge in [0, 0.05) is 0 Å². The van der Waals surface area contributed by atoms with Gasteiger partial charge in [0.05, 0.1) is 0 Å². The first kappa shape index (κ1) is 20.2. The van der Waals surface area contributed by atoms with Gasteiger partial charge in [-0.2, -0.15) is 0 Å². The predicted octanol–water partition coefficient (Wildman–Crippen LogP) is 6.08. The van der Waals surface area contributed by atoms with Crippen LogP contribution < -0.4 is 0 Å². The summed E-state index contributed by atoms with van der Waals surface area (Å²) in [6.45, 7) is 17.7. The van der Waals surface area contributed by atoms with Crippen molar-refractivity contribution in [2.75, 3.05) is 0 Å². The van der Waals surface area contributed by atoms with Crippen molar-refractivity contribution < 1.29 is 0 Å². The maximum Gasteiger partial charge on any atom is -0.0302 e. The van der Waals surface area contributed by atoms with Crippen LogP contribution >= 0.6 is 0 Å². The average molecular weight is 214 g/mol. The summed E-state index contributed by atoms with van der Waals surface area (Å²) in [5, 5.41) is 0. The van der Waals surface area contributed by atoms with E-state index in [1.54, 1.807) is 0 Å². The van der Waals surface area contributed by atoms with Crippen LogP contribution in [0.4, 0.5) is 0 Å². The number of rotatable bonds is 2. The number of hydrogen-bond acceptors (Lipinski definition) is 0. The Morgan fingerprint density at radius 2 is 1.13 bits per heavy atom. The lowest BCUT2D eigenvalue weighted by Crippen LogP contribution is -2.01. The lowest BCUT2D eigenvalue weighted by Gasteiger charge is -2.14. The Morgan fingerprint density at radius 3 is 1.33 bits per heavy atom. The standard InChI is InChI=1S/C9H18.C5H12.CH4/c1-5-6-7-8-9(2,3)4;1-5(2,3)4;/h6-7H,5,8H2,1-4H3;1-4H3;1H4. The summed E-state index contributed by atoms with van der Waals surface area (Å²) in [6.07, 6.45) is 6.85. The maximum absolute atomic E-state index is 2.26. The van der Waals surface area contributed by atoms with Crippen molar-refractivity contribution in [2.45, 2.75) is 75.7 Å². The molecule has 0 radical (unpaired) electrons. The molecule has 0 aliphatic carbocycles. The minimum Gasteiger partial charge on any atom is -0.0888 e. The van der Waals surface area contributed by atoms with Crippen molar-refractivity contribution in [2.24, 2.45) is 10.8 Å². The molecule has 0 spiro atoms. The molecule has 0 aromatic rings. The molecule has 0 aliphatic heterocycles. The topological polar surface area (TPSA) is 0 Å². The van der Waals surface area contributed by atoms with Gasteiger partial charge in [0.2, 0.25) is 0 Å². The molecule has 0 aromatic heterocycles. The van der Waals surface area contributed by atoms with E-state index in [2.05, 4.69) is 67.5 Å². The van der Waals surface area contributed by atoms with Crippen LogP contribution in [0.3, 0.4) is 0 Å². The zero-order valence-electron chi connectivity index (χ0n) is 11.6. The van der Waals surface area contributed by atoms with Gasteiger partial charge >= 0.3 is 0 Å². The first-order valence-electron chi connectivity index (χ1n) is 5.71. The summed E-state index contributed by atoms with van der Waals surface area (Å²) in [7, 11) is 0. The lowest BCUT2D eigenvalue weighted by atomic mass is 9.92. The molecule has 0 saturated heterocycles. The van der Waals surface area contributed by atoms with Crippen molar-refractivity contribution in [1.82, 2.24) is 0 Å². The van der Waals surface area contributed by atoms with Gasteiger partial charge in [0.1, 0.15) is 0 Å². The van der Waals surface area contributed by atoms with E-state index >= 15 is 0 Å². The van der Waals surface area contributed by atoms with Crippen LogP contribution in [-0.2, 0) is 0 Å². The summed E-state index contributed by atoms with van der Waals surface area (Å²) < 4.78 is 0. The molecule has 0 fully saturated rings. The Bertz CT molecular complexity index is 132. The summed E-state index contributed by atoms with van der Waals surface area (Å²) in [5.74, 6) is 0. The van der Waals surface area contributed by atoms with Gasteiger partial charge in [-0.25, -0.2) is 0 Å². The monoisotopic (exact) mass is 214 g/mol. The van der Waals surface area contributed by atoms with Gasteiger partial charge in [0.25, 0.3) is 0 Å². The van der Waals surface area contributed by atoms with E-state index in [1.165, 1.54) is 6.42 Å². The van der Waals surface area contributed by atoms with E-state index in [1.807, 2.05) is 0 Å². The van der Waals surface area contributed by atoms with E-state index in [0.29, 0.717) is 10.8 Å². The highest BCUT2D eigenvalue weighted by Crippen LogP contribution is 2.18. The largest absolute Gasteiger partial charge is 0.0888 e. The van der Waals surface area contributed by atoms with Gasteiger partial charge < -0.3 is 0 Å². The summed E-state index contributed by atoms with van der Waals surface area (Å²) in [6, 6.07) is 0. The van der Waals surface area contributed by atoms with E-state index in [9.17, 15) is 0 Å². The normalized spacial score (nSPS) is 11.7. The second kappa shape index (κ2) is 9.00. The fourth-order valence-corrected chi connectivity index (χ4v) is 0.604. The lowest BCUT2D eigenvalue weighted by molar-refractivity contribution is 0.420. The fourth-order valence-electron chi connectivity index (χ4n) is 0.604. The molecule has 0 aromatic carbocycles. The van der Waals surface area contributed by atoms with Crippen molar-refractivity contribution in [1.29, 1.82) is 0 Å². The Hall–Kier alpha value is -0.260. The van der Waals surface area contributed by atoms with E-state index in [4.69, 9.17) is 0 Å². The highest BCUT2D eigenvalue weighted by Gasteiger charge is 2.05. The quantitative estimate of drug-likeness (QED) is 0.489. The molecule has 0 N–H and O–H groups in total. The second-order valence-electron chi connectivity index (χ2n) is 6.64. The Kier molecular flexibility index (Phi) is 12.1. The summed E-state index contributed by atoms with van der Waals surface area (Å²) >= 11 is 0. The zero-order valence-corrected chi connectivity index (χ0v) is 11.6. The van der Waals surface area contributed by atoms with E-state index in [-0.39, 0.29) is 7.43 Å². The molecule has 0 rings (SSSR count). The molecule has 0 bridgehead atoms. The molecule has 0 heteroatoms. The van der Waals surface area contributed by atoms with Crippen molar-refractivity contribution in [3.05, 3.63) is 12.2 Å². The molecule has 0 atom stereocenters. The van der Waals surface area contributed by atoms with Gasteiger partial charge in [-0.1, -0.05) is 75.0 Å². The minimum absolute atomic E-state index is 0. The number of hydrogen-bond donors (Lipinski definition) is 0. The molecule has 0 heterocycles. The first-order chi connectivity index (χ1) is 6.06. The summed E-state index contributed by atoms with van der Waals surface area (Å²) in [4.78, 5) is 0. The molecule has 0 aliphatic rings.